The molecular formula is C14H15N6O3+. The van der Waals surface area contributed by atoms with Crippen molar-refractivity contribution in [2.45, 2.75) is 0 Å². The van der Waals surface area contributed by atoms with Gasteiger partial charge in [-0.25, -0.2) is 4.79 Å². The summed E-state index contributed by atoms with van der Waals surface area (Å²) in [5, 5.41) is 13.0. The largest absolute Gasteiger partial charge is 0.497 e. The van der Waals surface area contributed by atoms with E-state index in [1.54, 1.807) is 31.4 Å². The van der Waals surface area contributed by atoms with Crippen LogP contribution in [0, 0.1) is 5.39 Å². The van der Waals surface area contributed by atoms with Crippen LogP contribution in [-0.4, -0.2) is 22.5 Å². The molecule has 0 saturated carbocycles. The molecule has 0 amide bonds. The molecule has 0 spiro atoms. The first-order valence-corrected chi connectivity index (χ1v) is 6.57. The molecule has 9 nitrogen and oxygen atoms in total. The van der Waals surface area contributed by atoms with Gasteiger partial charge in [0.2, 0.25) is 11.2 Å². The summed E-state index contributed by atoms with van der Waals surface area (Å²) >= 11 is 0. The lowest BCUT2D eigenvalue weighted by molar-refractivity contribution is 0.415. The standard InChI is InChI=1S/C14H14N6O3/c1-19-12(11(17-15)13(21)20(2)14(19)22)18-16-8-9-4-6-10(23-3)7-5-9/h4-8H,1-3H3/p+1/b16-8-. The fraction of sp³-hybridized carbons (Fsp3) is 0.214. The molecule has 0 radical (unpaired) electrons. The minimum Gasteiger partial charge on any atom is -0.497 e. The zero-order valence-electron chi connectivity index (χ0n) is 12.8. The molecule has 0 unspecified atom stereocenters. The average molecular weight is 315 g/mol. The van der Waals surface area contributed by atoms with Gasteiger partial charge in [0.15, 0.2) is 4.98 Å². The van der Waals surface area contributed by atoms with Crippen LogP contribution in [0.1, 0.15) is 5.56 Å². The summed E-state index contributed by atoms with van der Waals surface area (Å²) in [6, 6.07) is 7.10. The first-order chi connectivity index (χ1) is 11.0. The van der Waals surface area contributed by atoms with Gasteiger partial charge in [-0.05, 0) is 29.8 Å². The smallest absolute Gasteiger partial charge is 0.491 e. The van der Waals surface area contributed by atoms with Crippen molar-refractivity contribution in [2.24, 2.45) is 19.2 Å². The number of nitrogens with zero attached hydrogens (tertiary/aromatic N) is 5. The monoisotopic (exact) mass is 315 g/mol. The van der Waals surface area contributed by atoms with Gasteiger partial charge in [0.05, 0.1) is 13.3 Å². The lowest BCUT2D eigenvalue weighted by Gasteiger charge is -2.05. The van der Waals surface area contributed by atoms with E-state index >= 15 is 0 Å². The second-order valence-corrected chi connectivity index (χ2v) is 4.65. The number of aromatic nitrogens is 2. The van der Waals surface area contributed by atoms with E-state index < -0.39 is 11.2 Å². The molecule has 0 aliphatic carbocycles. The van der Waals surface area contributed by atoms with Crippen LogP contribution in [0.2, 0.25) is 0 Å². The molecule has 1 aromatic carbocycles. The highest BCUT2D eigenvalue weighted by atomic mass is 16.5. The highest BCUT2D eigenvalue weighted by molar-refractivity contribution is 5.80. The second-order valence-electron chi connectivity index (χ2n) is 4.65. The maximum absolute atomic E-state index is 11.9. The summed E-state index contributed by atoms with van der Waals surface area (Å²) in [7, 11) is 4.30. The number of nitrogens with one attached hydrogen (secondary N) is 1. The molecule has 23 heavy (non-hydrogen) atoms. The van der Waals surface area contributed by atoms with Crippen molar-refractivity contribution >= 4 is 17.7 Å². The maximum Gasteiger partial charge on any atom is 0.491 e. The molecule has 118 valence electrons. The van der Waals surface area contributed by atoms with Crippen LogP contribution in [-0.2, 0) is 14.1 Å². The van der Waals surface area contributed by atoms with Crippen molar-refractivity contribution in [2.75, 3.05) is 12.5 Å². The van der Waals surface area contributed by atoms with Crippen LogP contribution in [0.15, 0.2) is 39.0 Å². The predicted molar refractivity (Wildman–Crippen MR) is 85.9 cm³/mol. The van der Waals surface area contributed by atoms with Gasteiger partial charge < -0.3 is 4.74 Å². The summed E-state index contributed by atoms with van der Waals surface area (Å²) < 4.78 is 7.02. The fourth-order valence-corrected chi connectivity index (χ4v) is 1.90. The van der Waals surface area contributed by atoms with E-state index in [0.29, 0.717) is 5.75 Å². The topological polar surface area (TPSA) is 106 Å². The molecule has 2 rings (SSSR count). The van der Waals surface area contributed by atoms with E-state index in [1.807, 2.05) is 0 Å². The Morgan fingerprint density at radius 2 is 1.87 bits per heavy atom. The Labute approximate surface area is 131 Å². The van der Waals surface area contributed by atoms with Crippen molar-refractivity contribution in [3.05, 3.63) is 55.6 Å². The molecule has 0 bridgehead atoms. The van der Waals surface area contributed by atoms with E-state index in [-0.39, 0.29) is 11.5 Å². The first kappa shape index (κ1) is 16.0. The minimum atomic E-state index is -0.724. The molecule has 1 N–H and O–H groups in total. The van der Waals surface area contributed by atoms with Crippen LogP contribution in [0.25, 0.3) is 4.98 Å². The van der Waals surface area contributed by atoms with Crippen LogP contribution < -0.4 is 21.4 Å². The Hall–Kier alpha value is -3.41. The number of hydrazone groups is 1. The zero-order chi connectivity index (χ0) is 17.0. The Kier molecular flexibility index (Phi) is 4.56. The van der Waals surface area contributed by atoms with E-state index in [0.717, 1.165) is 14.7 Å². The van der Waals surface area contributed by atoms with Crippen molar-refractivity contribution < 1.29 is 4.74 Å². The first-order valence-electron chi connectivity index (χ1n) is 6.57. The average Bonchev–Trinajstić information content (AvgIpc) is 2.58. The van der Waals surface area contributed by atoms with Crippen LogP contribution >= 0.6 is 0 Å². The molecule has 0 saturated heterocycles. The van der Waals surface area contributed by atoms with Crippen molar-refractivity contribution in [3.8, 4) is 5.75 Å². The SMILES string of the molecule is COc1ccc(/C=N\Nc2c([N+]#N)c(=O)n(C)c(=O)n2C)cc1. The molecule has 1 heterocycles. The van der Waals surface area contributed by atoms with E-state index in [2.05, 4.69) is 15.5 Å². The normalized spacial score (nSPS) is 10.5. The Balaban J connectivity index is 2.33. The predicted octanol–water partition coefficient (Wildman–Crippen LogP) is 1.02. The molecular weight excluding hydrogens is 300 g/mol. The molecule has 9 heteroatoms. The zero-order valence-corrected chi connectivity index (χ0v) is 12.8. The third kappa shape index (κ3) is 3.11. The number of hydrogen-bond acceptors (Lipinski definition) is 6. The van der Waals surface area contributed by atoms with Gasteiger partial charge in [-0.2, -0.15) is 5.10 Å². The molecule has 0 atom stereocenters. The van der Waals surface area contributed by atoms with Crippen LogP contribution in [0.4, 0.5) is 11.5 Å². The third-order valence-electron chi connectivity index (χ3n) is 3.24. The summed E-state index contributed by atoms with van der Waals surface area (Å²) in [6.07, 6.45) is 1.49. The lowest BCUT2D eigenvalue weighted by Crippen LogP contribution is -2.37. The van der Waals surface area contributed by atoms with Gasteiger partial charge in [-0.15, -0.1) is 0 Å². The summed E-state index contributed by atoms with van der Waals surface area (Å²) in [4.78, 5) is 26.7. The van der Waals surface area contributed by atoms with E-state index in [1.165, 1.54) is 20.3 Å². The number of hydrogen-bond donors (Lipinski definition) is 1. The van der Waals surface area contributed by atoms with Crippen LogP contribution in [0.5, 0.6) is 5.75 Å². The van der Waals surface area contributed by atoms with Crippen molar-refractivity contribution in [3.63, 3.8) is 0 Å². The number of methoxy groups -OCH3 is 1. The molecule has 0 fully saturated rings. The summed E-state index contributed by atoms with van der Waals surface area (Å²) in [5.41, 5.74) is 1.73. The van der Waals surface area contributed by atoms with Gasteiger partial charge in [0.25, 0.3) is 0 Å². The van der Waals surface area contributed by atoms with Crippen molar-refractivity contribution in [1.29, 1.82) is 5.39 Å². The number of benzene rings is 1. The molecule has 0 aliphatic rings. The van der Waals surface area contributed by atoms with Gasteiger partial charge in [-0.3, -0.25) is 19.4 Å². The minimum absolute atomic E-state index is 0.00892. The summed E-state index contributed by atoms with van der Waals surface area (Å²) in [6.45, 7) is 0. The number of ether oxygens (including phenoxy) is 1. The molecule has 2 aromatic rings. The maximum atomic E-state index is 11.9. The molecule has 1 aromatic heterocycles. The van der Waals surface area contributed by atoms with Gasteiger partial charge in [0, 0.05) is 14.1 Å². The number of anilines is 1. The highest BCUT2D eigenvalue weighted by Gasteiger charge is 2.26. The fourth-order valence-electron chi connectivity index (χ4n) is 1.90. The van der Waals surface area contributed by atoms with Gasteiger partial charge in [-0.1, -0.05) is 0 Å². The number of diazo groups is 1. The number of rotatable bonds is 4. The van der Waals surface area contributed by atoms with E-state index in [4.69, 9.17) is 10.1 Å². The second kappa shape index (κ2) is 6.57. The van der Waals surface area contributed by atoms with Crippen LogP contribution in [0.3, 0.4) is 0 Å². The van der Waals surface area contributed by atoms with E-state index in [9.17, 15) is 9.59 Å². The lowest BCUT2D eigenvalue weighted by atomic mass is 10.2. The highest BCUT2D eigenvalue weighted by Crippen LogP contribution is 2.17. The Bertz CT molecular complexity index is 902. The Morgan fingerprint density at radius 3 is 2.43 bits per heavy atom. The third-order valence-corrected chi connectivity index (χ3v) is 3.24. The van der Waals surface area contributed by atoms with Gasteiger partial charge in [0.1, 0.15) is 5.75 Å². The van der Waals surface area contributed by atoms with Gasteiger partial charge >= 0.3 is 16.9 Å². The quantitative estimate of drug-likeness (QED) is 0.515. The summed E-state index contributed by atoms with van der Waals surface area (Å²) in [5.74, 6) is 0.704. The Morgan fingerprint density at radius 1 is 1.22 bits per heavy atom. The molecule has 0 aliphatic heterocycles. The van der Waals surface area contributed by atoms with Crippen molar-refractivity contribution in [1.82, 2.24) is 9.13 Å².